The Hall–Kier alpha value is -1.72. The van der Waals surface area contributed by atoms with Crippen LogP contribution >= 0.6 is 15.9 Å². The van der Waals surface area contributed by atoms with Gasteiger partial charge in [-0.2, -0.15) is 0 Å². The first kappa shape index (κ1) is 15.2. The predicted octanol–water partition coefficient (Wildman–Crippen LogP) is 2.80. The Kier molecular flexibility index (Phi) is 4.85. The number of hydrogen-bond acceptors (Lipinski definition) is 3. The number of hydrogen-bond donors (Lipinski definition) is 0. The molecule has 22 heavy (non-hydrogen) atoms. The Balaban J connectivity index is 1.56. The standard InChI is InChI=1S/C17H18BrN3O/c18-16-3-1-2-15(12-16)17(22)21-10-8-20(9-11-21)13-14-4-6-19-7-5-14/h1-7,12H,8-11,13H2. The van der Waals surface area contributed by atoms with Crippen molar-refractivity contribution in [3.8, 4) is 0 Å². The zero-order valence-electron chi connectivity index (χ0n) is 12.3. The molecule has 0 unspecified atom stereocenters. The van der Waals surface area contributed by atoms with Crippen LogP contribution in [-0.2, 0) is 6.54 Å². The maximum Gasteiger partial charge on any atom is 0.253 e. The minimum atomic E-state index is 0.116. The predicted molar refractivity (Wildman–Crippen MR) is 89.6 cm³/mol. The van der Waals surface area contributed by atoms with E-state index in [9.17, 15) is 4.79 Å². The van der Waals surface area contributed by atoms with E-state index in [0.717, 1.165) is 42.8 Å². The fourth-order valence-electron chi connectivity index (χ4n) is 2.66. The molecule has 5 heteroatoms. The summed E-state index contributed by atoms with van der Waals surface area (Å²) >= 11 is 3.42. The van der Waals surface area contributed by atoms with Crippen LogP contribution in [0.15, 0.2) is 53.3 Å². The van der Waals surface area contributed by atoms with E-state index in [0.29, 0.717) is 0 Å². The maximum absolute atomic E-state index is 12.5. The van der Waals surface area contributed by atoms with E-state index in [1.165, 1.54) is 5.56 Å². The number of piperazine rings is 1. The van der Waals surface area contributed by atoms with E-state index >= 15 is 0 Å². The third-order valence-corrected chi connectivity index (χ3v) is 4.38. The topological polar surface area (TPSA) is 36.4 Å². The molecule has 0 spiro atoms. The van der Waals surface area contributed by atoms with Gasteiger partial charge in [0.05, 0.1) is 0 Å². The fourth-order valence-corrected chi connectivity index (χ4v) is 3.06. The molecular weight excluding hydrogens is 342 g/mol. The first-order valence-corrected chi connectivity index (χ1v) is 8.18. The molecule has 0 radical (unpaired) electrons. The molecule has 2 heterocycles. The number of benzene rings is 1. The van der Waals surface area contributed by atoms with Gasteiger partial charge in [0.2, 0.25) is 0 Å². The number of rotatable bonds is 3. The molecule has 1 amide bonds. The van der Waals surface area contributed by atoms with Gasteiger partial charge in [-0.1, -0.05) is 22.0 Å². The van der Waals surface area contributed by atoms with E-state index in [1.807, 2.05) is 53.7 Å². The van der Waals surface area contributed by atoms with Crippen LogP contribution in [0.5, 0.6) is 0 Å². The van der Waals surface area contributed by atoms with Crippen LogP contribution in [0, 0.1) is 0 Å². The zero-order valence-corrected chi connectivity index (χ0v) is 13.9. The smallest absolute Gasteiger partial charge is 0.253 e. The van der Waals surface area contributed by atoms with E-state index in [-0.39, 0.29) is 5.91 Å². The molecule has 0 atom stereocenters. The molecule has 1 saturated heterocycles. The van der Waals surface area contributed by atoms with Gasteiger partial charge in [0.25, 0.3) is 5.91 Å². The molecule has 1 fully saturated rings. The Bertz CT molecular complexity index is 639. The molecule has 1 aromatic carbocycles. The molecule has 0 saturated carbocycles. The van der Waals surface area contributed by atoms with Crippen LogP contribution < -0.4 is 0 Å². The minimum absolute atomic E-state index is 0.116. The molecule has 0 aliphatic carbocycles. The maximum atomic E-state index is 12.5. The average molecular weight is 360 g/mol. The molecule has 0 bridgehead atoms. The third-order valence-electron chi connectivity index (χ3n) is 3.89. The van der Waals surface area contributed by atoms with Crippen LogP contribution in [0.3, 0.4) is 0 Å². The number of nitrogens with zero attached hydrogens (tertiary/aromatic N) is 3. The van der Waals surface area contributed by atoms with E-state index in [1.54, 1.807) is 0 Å². The molecule has 1 aliphatic rings. The fraction of sp³-hybridized carbons (Fsp3) is 0.294. The normalized spacial score (nSPS) is 15.8. The summed E-state index contributed by atoms with van der Waals surface area (Å²) in [7, 11) is 0. The highest BCUT2D eigenvalue weighted by molar-refractivity contribution is 9.10. The van der Waals surface area contributed by atoms with Crippen LogP contribution in [0.4, 0.5) is 0 Å². The summed E-state index contributed by atoms with van der Waals surface area (Å²) in [6.45, 7) is 4.28. The van der Waals surface area contributed by atoms with Crippen LogP contribution in [0.1, 0.15) is 15.9 Å². The second kappa shape index (κ2) is 7.03. The number of halogens is 1. The summed E-state index contributed by atoms with van der Waals surface area (Å²) in [6, 6.07) is 11.7. The molecular formula is C17H18BrN3O. The SMILES string of the molecule is O=C(c1cccc(Br)c1)N1CCN(Cc2ccncc2)CC1. The number of amides is 1. The number of pyridine rings is 1. The van der Waals surface area contributed by atoms with Crippen molar-refractivity contribution >= 4 is 21.8 Å². The monoisotopic (exact) mass is 359 g/mol. The minimum Gasteiger partial charge on any atom is -0.336 e. The summed E-state index contributed by atoms with van der Waals surface area (Å²) in [5, 5.41) is 0. The molecule has 2 aromatic rings. The van der Waals surface area contributed by atoms with Gasteiger partial charge < -0.3 is 4.90 Å². The van der Waals surface area contributed by atoms with Crippen molar-refractivity contribution in [3.63, 3.8) is 0 Å². The Morgan fingerprint density at radius 1 is 1.09 bits per heavy atom. The van der Waals surface area contributed by atoms with Gasteiger partial charge in [0, 0.05) is 55.2 Å². The average Bonchev–Trinajstić information content (AvgIpc) is 2.56. The lowest BCUT2D eigenvalue weighted by molar-refractivity contribution is 0.0628. The van der Waals surface area contributed by atoms with Crippen molar-refractivity contribution in [2.24, 2.45) is 0 Å². The van der Waals surface area contributed by atoms with Crippen molar-refractivity contribution in [3.05, 3.63) is 64.4 Å². The highest BCUT2D eigenvalue weighted by atomic mass is 79.9. The summed E-state index contributed by atoms with van der Waals surface area (Å²) < 4.78 is 0.940. The zero-order chi connectivity index (χ0) is 15.4. The number of carbonyl (C=O) groups is 1. The van der Waals surface area contributed by atoms with Gasteiger partial charge in [0.15, 0.2) is 0 Å². The quantitative estimate of drug-likeness (QED) is 0.845. The lowest BCUT2D eigenvalue weighted by atomic mass is 10.1. The second-order valence-electron chi connectivity index (χ2n) is 5.43. The van der Waals surface area contributed by atoms with E-state index < -0.39 is 0 Å². The summed E-state index contributed by atoms with van der Waals surface area (Å²) in [5.41, 5.74) is 2.01. The Morgan fingerprint density at radius 3 is 2.50 bits per heavy atom. The Labute approximate surface area is 138 Å². The third kappa shape index (κ3) is 3.72. The Morgan fingerprint density at radius 2 is 1.82 bits per heavy atom. The van der Waals surface area contributed by atoms with Crippen molar-refractivity contribution in [1.82, 2.24) is 14.8 Å². The summed E-state index contributed by atoms with van der Waals surface area (Å²) in [6.07, 6.45) is 3.64. The van der Waals surface area contributed by atoms with Gasteiger partial charge in [-0.15, -0.1) is 0 Å². The van der Waals surface area contributed by atoms with Gasteiger partial charge in [-0.25, -0.2) is 0 Å². The van der Waals surface area contributed by atoms with Crippen molar-refractivity contribution in [1.29, 1.82) is 0 Å². The molecule has 3 rings (SSSR count). The number of carbonyl (C=O) groups excluding carboxylic acids is 1. The largest absolute Gasteiger partial charge is 0.336 e. The van der Waals surface area contributed by atoms with E-state index in [4.69, 9.17) is 0 Å². The van der Waals surface area contributed by atoms with Crippen LogP contribution in [-0.4, -0.2) is 46.9 Å². The van der Waals surface area contributed by atoms with Crippen LogP contribution in [0.25, 0.3) is 0 Å². The lowest BCUT2D eigenvalue weighted by Crippen LogP contribution is -2.48. The molecule has 114 valence electrons. The molecule has 4 nitrogen and oxygen atoms in total. The second-order valence-corrected chi connectivity index (χ2v) is 6.35. The molecule has 1 aliphatic heterocycles. The first-order chi connectivity index (χ1) is 10.7. The van der Waals surface area contributed by atoms with Crippen LogP contribution in [0.2, 0.25) is 0 Å². The van der Waals surface area contributed by atoms with Crippen molar-refractivity contribution < 1.29 is 4.79 Å². The van der Waals surface area contributed by atoms with Gasteiger partial charge in [-0.05, 0) is 35.9 Å². The molecule has 0 N–H and O–H groups in total. The first-order valence-electron chi connectivity index (χ1n) is 7.38. The summed E-state index contributed by atoms with van der Waals surface area (Å²) in [5.74, 6) is 0.116. The highest BCUT2D eigenvalue weighted by Gasteiger charge is 2.22. The van der Waals surface area contributed by atoms with Gasteiger partial charge in [-0.3, -0.25) is 14.7 Å². The lowest BCUT2D eigenvalue weighted by Gasteiger charge is -2.34. The molecule has 1 aromatic heterocycles. The highest BCUT2D eigenvalue weighted by Crippen LogP contribution is 2.15. The van der Waals surface area contributed by atoms with Crippen molar-refractivity contribution in [2.75, 3.05) is 26.2 Å². The van der Waals surface area contributed by atoms with Crippen molar-refractivity contribution in [2.45, 2.75) is 6.54 Å². The summed E-state index contributed by atoms with van der Waals surface area (Å²) in [4.78, 5) is 20.8. The van der Waals surface area contributed by atoms with Gasteiger partial charge in [0.1, 0.15) is 0 Å². The van der Waals surface area contributed by atoms with Gasteiger partial charge >= 0.3 is 0 Å². The number of aromatic nitrogens is 1. The van der Waals surface area contributed by atoms with E-state index in [2.05, 4.69) is 25.8 Å².